The fraction of sp³-hybridized carbons (Fsp3) is 0.462. The molecule has 1 spiro atoms. The summed E-state index contributed by atoms with van der Waals surface area (Å²) in [6.07, 6.45) is 3.73. The van der Waals surface area contributed by atoms with Gasteiger partial charge in [0.05, 0.1) is 5.41 Å². The van der Waals surface area contributed by atoms with Crippen molar-refractivity contribution in [3.05, 3.63) is 24.0 Å². The lowest BCUT2D eigenvalue weighted by atomic mass is 9.86. The van der Waals surface area contributed by atoms with Crippen molar-refractivity contribution in [1.82, 2.24) is 0 Å². The Kier molecular flexibility index (Phi) is 2.31. The van der Waals surface area contributed by atoms with E-state index < -0.39 is 11.2 Å². The first-order valence-corrected chi connectivity index (χ1v) is 5.94. The Morgan fingerprint density at radius 3 is 2.82 bits per heavy atom. The predicted molar refractivity (Wildman–Crippen MR) is 61.4 cm³/mol. The van der Waals surface area contributed by atoms with Gasteiger partial charge in [0.25, 0.3) is 0 Å². The largest absolute Gasteiger partial charge is 0.490 e. The Balaban J connectivity index is 1.99. The first-order valence-electron chi connectivity index (χ1n) is 5.94. The van der Waals surface area contributed by atoms with E-state index >= 15 is 0 Å². The third kappa shape index (κ3) is 1.59. The molecule has 3 rings (SSSR count). The van der Waals surface area contributed by atoms with Crippen LogP contribution in [0.15, 0.2) is 18.2 Å². The minimum atomic E-state index is -0.453. The maximum Gasteiger partial charge on any atom is 0.234 e. The number of hydrogen-bond donors (Lipinski definition) is 1. The summed E-state index contributed by atoms with van der Waals surface area (Å²) in [4.78, 5) is 12.2. The highest BCUT2D eigenvalue weighted by Crippen LogP contribution is 2.43. The summed E-state index contributed by atoms with van der Waals surface area (Å²) < 4.78 is 19.2. The molecule has 0 aromatic heterocycles. The zero-order valence-corrected chi connectivity index (χ0v) is 9.46. The summed E-state index contributed by atoms with van der Waals surface area (Å²) in [6, 6.07) is 4.61. The molecular weight excluding hydrogens is 221 g/mol. The van der Waals surface area contributed by atoms with Gasteiger partial charge >= 0.3 is 0 Å². The highest BCUT2D eigenvalue weighted by molar-refractivity contribution is 5.97. The number of fused-ring (bicyclic) bond motifs is 1. The van der Waals surface area contributed by atoms with E-state index in [1.54, 1.807) is 12.1 Å². The van der Waals surface area contributed by atoms with Crippen LogP contribution >= 0.6 is 0 Å². The van der Waals surface area contributed by atoms with Crippen molar-refractivity contribution in [3.8, 4) is 5.75 Å². The summed E-state index contributed by atoms with van der Waals surface area (Å²) in [5.41, 5.74) is -0.271. The van der Waals surface area contributed by atoms with Crippen LogP contribution in [0.3, 0.4) is 0 Å². The summed E-state index contributed by atoms with van der Waals surface area (Å²) in [5.74, 6) is -0.105. The minimum absolute atomic E-state index is 0.0983. The average Bonchev–Trinajstić information content (AvgIpc) is 2.74. The van der Waals surface area contributed by atoms with Crippen molar-refractivity contribution in [2.45, 2.75) is 25.7 Å². The molecule has 0 bridgehead atoms. The van der Waals surface area contributed by atoms with E-state index in [0.29, 0.717) is 12.4 Å². The number of hydrogen-bond acceptors (Lipinski definition) is 2. The molecule has 1 aliphatic carbocycles. The third-order valence-corrected chi connectivity index (χ3v) is 3.76. The van der Waals surface area contributed by atoms with Crippen LogP contribution in [0.25, 0.3) is 0 Å². The van der Waals surface area contributed by atoms with Gasteiger partial charge in [0.15, 0.2) is 5.82 Å². The molecule has 4 heteroatoms. The lowest BCUT2D eigenvalue weighted by Crippen LogP contribution is -2.37. The second-order valence-corrected chi connectivity index (χ2v) is 4.84. The van der Waals surface area contributed by atoms with Crippen LogP contribution in [0.4, 0.5) is 10.1 Å². The topological polar surface area (TPSA) is 38.3 Å². The Labute approximate surface area is 99.0 Å². The van der Waals surface area contributed by atoms with Crippen LogP contribution in [0.1, 0.15) is 25.7 Å². The maximum atomic E-state index is 13.6. The highest BCUT2D eigenvalue weighted by atomic mass is 19.1. The van der Waals surface area contributed by atoms with E-state index in [1.807, 2.05) is 0 Å². The number of halogens is 1. The van der Waals surface area contributed by atoms with Crippen LogP contribution in [0, 0.1) is 11.2 Å². The molecule has 1 fully saturated rings. The molecule has 0 radical (unpaired) electrons. The van der Waals surface area contributed by atoms with Crippen LogP contribution in [0.2, 0.25) is 0 Å². The maximum absolute atomic E-state index is 13.6. The van der Waals surface area contributed by atoms with Gasteiger partial charge in [0, 0.05) is 0 Å². The molecule has 90 valence electrons. The van der Waals surface area contributed by atoms with Crippen molar-refractivity contribution < 1.29 is 13.9 Å². The van der Waals surface area contributed by atoms with Crippen molar-refractivity contribution >= 4 is 11.6 Å². The van der Waals surface area contributed by atoms with Crippen molar-refractivity contribution in [2.24, 2.45) is 5.41 Å². The molecule has 1 aromatic carbocycles. The smallest absolute Gasteiger partial charge is 0.234 e. The number of nitrogens with one attached hydrogen (secondary N) is 1. The van der Waals surface area contributed by atoms with Crippen molar-refractivity contribution in [2.75, 3.05) is 11.9 Å². The van der Waals surface area contributed by atoms with Gasteiger partial charge in [-0.25, -0.2) is 4.39 Å². The van der Waals surface area contributed by atoms with Gasteiger partial charge in [0.1, 0.15) is 18.0 Å². The number of carbonyl (C=O) groups is 1. The van der Waals surface area contributed by atoms with Crippen molar-refractivity contribution in [1.29, 1.82) is 0 Å². The Hall–Kier alpha value is -1.58. The second kappa shape index (κ2) is 3.72. The summed E-state index contributed by atoms with van der Waals surface area (Å²) in [5, 5.41) is 2.68. The minimum Gasteiger partial charge on any atom is -0.490 e. The molecule has 0 saturated heterocycles. The van der Waals surface area contributed by atoms with Gasteiger partial charge in [0.2, 0.25) is 5.91 Å². The number of rotatable bonds is 0. The standard InChI is InChI=1S/C13H14FNO2/c14-9-4-3-5-10-11(9)15-12(16)13(8-17-10)6-1-2-7-13/h3-5H,1-2,6-8H2,(H,15,16). The molecule has 3 nitrogen and oxygen atoms in total. The SMILES string of the molecule is O=C1Nc2c(F)cccc2OCC12CCCC2. The molecule has 17 heavy (non-hydrogen) atoms. The molecule has 1 aromatic rings. The molecule has 1 amide bonds. The van der Waals surface area contributed by atoms with Crippen LogP contribution < -0.4 is 10.1 Å². The van der Waals surface area contributed by atoms with E-state index in [4.69, 9.17) is 4.74 Å². The zero-order chi connectivity index (χ0) is 11.9. The Bertz CT molecular complexity index is 466. The fourth-order valence-electron chi connectivity index (χ4n) is 2.70. The molecular formula is C13H14FNO2. The number of carbonyl (C=O) groups excluding carboxylic acids is 1. The van der Waals surface area contributed by atoms with Crippen LogP contribution in [-0.4, -0.2) is 12.5 Å². The highest BCUT2D eigenvalue weighted by Gasteiger charge is 2.44. The quantitative estimate of drug-likeness (QED) is 0.750. The number of benzene rings is 1. The zero-order valence-electron chi connectivity index (χ0n) is 9.46. The van der Waals surface area contributed by atoms with Gasteiger partial charge < -0.3 is 10.1 Å². The third-order valence-electron chi connectivity index (χ3n) is 3.76. The molecule has 0 unspecified atom stereocenters. The number of ether oxygens (including phenoxy) is 1. The van der Waals surface area contributed by atoms with Gasteiger partial charge in [-0.2, -0.15) is 0 Å². The summed E-state index contributed by atoms with van der Waals surface area (Å²) in [7, 11) is 0. The lowest BCUT2D eigenvalue weighted by molar-refractivity contribution is -0.126. The monoisotopic (exact) mass is 235 g/mol. The van der Waals surface area contributed by atoms with E-state index in [1.165, 1.54) is 6.07 Å². The average molecular weight is 235 g/mol. The van der Waals surface area contributed by atoms with Crippen LogP contribution in [-0.2, 0) is 4.79 Å². The van der Waals surface area contributed by atoms with Crippen molar-refractivity contribution in [3.63, 3.8) is 0 Å². The first kappa shape index (κ1) is 10.6. The number of amides is 1. The normalized spacial score (nSPS) is 21.6. The summed E-state index contributed by atoms with van der Waals surface area (Å²) >= 11 is 0. The number of para-hydroxylation sites is 1. The molecule has 0 atom stereocenters. The van der Waals surface area contributed by atoms with E-state index in [9.17, 15) is 9.18 Å². The van der Waals surface area contributed by atoms with Gasteiger partial charge in [-0.3, -0.25) is 4.79 Å². The molecule has 1 N–H and O–H groups in total. The predicted octanol–water partition coefficient (Wildman–Crippen LogP) is 2.72. The second-order valence-electron chi connectivity index (χ2n) is 4.84. The van der Waals surface area contributed by atoms with Gasteiger partial charge in [-0.1, -0.05) is 18.9 Å². The number of anilines is 1. The molecule has 1 heterocycles. The summed E-state index contributed by atoms with van der Waals surface area (Å²) in [6.45, 7) is 0.356. The Morgan fingerprint density at radius 1 is 1.29 bits per heavy atom. The first-order chi connectivity index (χ1) is 8.21. The molecule has 1 aliphatic heterocycles. The van der Waals surface area contributed by atoms with E-state index in [-0.39, 0.29) is 11.6 Å². The Morgan fingerprint density at radius 2 is 2.06 bits per heavy atom. The molecule has 2 aliphatic rings. The lowest BCUT2D eigenvalue weighted by Gasteiger charge is -2.23. The fourth-order valence-corrected chi connectivity index (χ4v) is 2.70. The van der Waals surface area contributed by atoms with Crippen LogP contribution in [0.5, 0.6) is 5.75 Å². The van der Waals surface area contributed by atoms with Gasteiger partial charge in [-0.05, 0) is 25.0 Å². The van der Waals surface area contributed by atoms with E-state index in [2.05, 4.69) is 5.32 Å². The molecule has 1 saturated carbocycles. The van der Waals surface area contributed by atoms with E-state index in [0.717, 1.165) is 25.7 Å². The van der Waals surface area contributed by atoms with Gasteiger partial charge in [-0.15, -0.1) is 0 Å².